The van der Waals surface area contributed by atoms with Gasteiger partial charge in [0.15, 0.2) is 0 Å². The Balaban J connectivity index is 1.65. The molecular formula is C26H34F3N7O2S2. The van der Waals surface area contributed by atoms with Crippen LogP contribution in [0.25, 0.3) is 0 Å². The molecule has 0 aliphatic carbocycles. The Morgan fingerprint density at radius 3 is 2.48 bits per heavy atom. The van der Waals surface area contributed by atoms with Gasteiger partial charge in [-0.15, -0.1) is 0 Å². The molecule has 0 spiro atoms. The number of hydrogen-bond donors (Lipinski definition) is 1. The molecule has 40 heavy (non-hydrogen) atoms. The van der Waals surface area contributed by atoms with Crippen LogP contribution in [0.2, 0.25) is 0 Å². The fourth-order valence-electron chi connectivity index (χ4n) is 4.79. The third-order valence-corrected chi connectivity index (χ3v) is 8.27. The third-order valence-electron chi connectivity index (χ3n) is 6.78. The molecule has 3 heterocycles. The molecule has 0 unspecified atom stereocenters. The van der Waals surface area contributed by atoms with Crippen molar-refractivity contribution in [2.24, 2.45) is 5.92 Å². The number of nitrogens with one attached hydrogen (secondary N) is 1. The molecule has 0 saturated carbocycles. The van der Waals surface area contributed by atoms with Gasteiger partial charge >= 0.3 is 12.1 Å². The number of nitrogens with zero attached hydrogens (tertiary/aromatic N) is 6. The number of esters is 1. The Bertz CT molecular complexity index is 1290. The van der Waals surface area contributed by atoms with Crippen molar-refractivity contribution in [2.45, 2.75) is 65.1 Å². The van der Waals surface area contributed by atoms with E-state index < -0.39 is 12.0 Å². The van der Waals surface area contributed by atoms with E-state index in [0.29, 0.717) is 23.1 Å². The second-order valence-electron chi connectivity index (χ2n) is 10.4. The molecule has 14 heteroatoms. The van der Waals surface area contributed by atoms with Gasteiger partial charge in [0.05, 0.1) is 24.9 Å². The summed E-state index contributed by atoms with van der Waals surface area (Å²) in [6.45, 7) is 10.5. The number of hydrogen-bond acceptors (Lipinski definition) is 11. The highest BCUT2D eigenvalue weighted by molar-refractivity contribution is 7.10. The van der Waals surface area contributed by atoms with Gasteiger partial charge in [-0.05, 0) is 49.3 Å². The zero-order valence-corrected chi connectivity index (χ0v) is 24.8. The minimum atomic E-state index is -4.63. The quantitative estimate of drug-likeness (QED) is 0.272. The minimum Gasteiger partial charge on any atom is -0.469 e. The van der Waals surface area contributed by atoms with Crippen molar-refractivity contribution >= 4 is 50.7 Å². The second-order valence-corrected chi connectivity index (χ2v) is 11.9. The lowest BCUT2D eigenvalue weighted by Gasteiger charge is -2.41. The average molecular weight is 598 g/mol. The molecule has 4 rings (SSSR count). The van der Waals surface area contributed by atoms with Crippen LogP contribution in [-0.2, 0) is 15.7 Å². The fraction of sp³-hybridized carbons (Fsp3) is 0.577. The van der Waals surface area contributed by atoms with Gasteiger partial charge in [0, 0.05) is 48.7 Å². The van der Waals surface area contributed by atoms with Crippen LogP contribution < -0.4 is 15.1 Å². The molecular weight excluding hydrogens is 563 g/mol. The number of ether oxygens (including phenoxy) is 1. The second kappa shape index (κ2) is 12.7. The summed E-state index contributed by atoms with van der Waals surface area (Å²) < 4.78 is 52.2. The number of alkyl halides is 3. The first kappa shape index (κ1) is 30.0. The molecule has 1 fully saturated rings. The third kappa shape index (κ3) is 7.39. The molecule has 3 aromatic rings. The zero-order chi connectivity index (χ0) is 29.0. The number of halogens is 3. The zero-order valence-electron chi connectivity index (χ0n) is 23.2. The van der Waals surface area contributed by atoms with Gasteiger partial charge in [-0.2, -0.15) is 26.9 Å². The highest BCUT2D eigenvalue weighted by Gasteiger charge is 2.36. The number of methoxy groups -OCH3 is 1. The van der Waals surface area contributed by atoms with Crippen LogP contribution in [0, 0.1) is 12.8 Å². The molecule has 1 aliphatic rings. The van der Waals surface area contributed by atoms with Gasteiger partial charge in [-0.3, -0.25) is 4.79 Å². The van der Waals surface area contributed by atoms with Crippen LogP contribution in [0.1, 0.15) is 63.2 Å². The number of anilines is 4. The van der Waals surface area contributed by atoms with Gasteiger partial charge in [0.25, 0.3) is 0 Å². The maximum absolute atomic E-state index is 13.2. The molecule has 1 aromatic carbocycles. The van der Waals surface area contributed by atoms with Crippen LogP contribution in [0.5, 0.6) is 0 Å². The monoisotopic (exact) mass is 597 g/mol. The topological polar surface area (TPSA) is 96.4 Å². The van der Waals surface area contributed by atoms with Crippen LogP contribution in [0.4, 0.5) is 34.8 Å². The summed E-state index contributed by atoms with van der Waals surface area (Å²) in [5, 5.41) is 4.10. The van der Waals surface area contributed by atoms with Crippen LogP contribution in [-0.4, -0.2) is 57.5 Å². The van der Waals surface area contributed by atoms with Crippen molar-refractivity contribution in [3.05, 3.63) is 35.4 Å². The molecule has 2 aromatic heterocycles. The Labute approximate surface area is 240 Å². The van der Waals surface area contributed by atoms with Gasteiger partial charge in [0.2, 0.25) is 16.1 Å². The van der Waals surface area contributed by atoms with E-state index in [1.807, 2.05) is 32.0 Å². The maximum atomic E-state index is 13.2. The van der Waals surface area contributed by atoms with E-state index >= 15 is 0 Å². The van der Waals surface area contributed by atoms with E-state index in [0.717, 1.165) is 54.7 Å². The van der Waals surface area contributed by atoms with Gasteiger partial charge in [-0.25, -0.2) is 4.98 Å². The number of piperidine rings is 1. The molecule has 218 valence electrons. The van der Waals surface area contributed by atoms with Crippen molar-refractivity contribution in [3.63, 3.8) is 0 Å². The largest absolute Gasteiger partial charge is 0.469 e. The average Bonchev–Trinajstić information content (AvgIpc) is 3.56. The first-order valence-corrected chi connectivity index (χ1v) is 14.7. The standard InChI is InChI=1S/C26H34F3N7O2S2/c1-15(2)14-36(19-8-10-35(11-9-19)25-30-17(4)33-40-25)21-7-6-18(16(3)12-22(37)38-5)13-20(21)31-24-32-23(34-39-24)26(27,28)29/h6-7,13,15-16,19H,8-12,14H2,1-5H3,(H,31,32,34)/t16-/m1/s1. The molecule has 0 radical (unpaired) electrons. The molecule has 0 bridgehead atoms. The summed E-state index contributed by atoms with van der Waals surface area (Å²) in [5.41, 5.74) is 2.36. The Kier molecular flexibility index (Phi) is 9.49. The Hall–Kier alpha value is -3.00. The number of carbonyl (C=O) groups is 1. The summed E-state index contributed by atoms with van der Waals surface area (Å²) in [5.74, 6) is -0.544. The maximum Gasteiger partial charge on any atom is 0.452 e. The minimum absolute atomic E-state index is 0.0531. The number of aromatic nitrogens is 4. The van der Waals surface area contributed by atoms with Gasteiger partial charge < -0.3 is 19.9 Å². The lowest BCUT2D eigenvalue weighted by molar-refractivity contribution is -0.144. The summed E-state index contributed by atoms with van der Waals surface area (Å²) in [6.07, 6.45) is -2.66. The van der Waals surface area contributed by atoms with Crippen LogP contribution in [0.3, 0.4) is 0 Å². The van der Waals surface area contributed by atoms with E-state index in [2.05, 4.69) is 47.7 Å². The van der Waals surface area contributed by atoms with E-state index in [9.17, 15) is 18.0 Å². The van der Waals surface area contributed by atoms with E-state index in [1.54, 1.807) is 0 Å². The summed E-state index contributed by atoms with van der Waals surface area (Å²) in [7, 11) is 1.35. The number of aryl methyl sites for hydroxylation is 1. The highest BCUT2D eigenvalue weighted by Crippen LogP contribution is 2.38. The van der Waals surface area contributed by atoms with Crippen molar-refractivity contribution in [2.75, 3.05) is 41.9 Å². The smallest absolute Gasteiger partial charge is 0.452 e. The summed E-state index contributed by atoms with van der Waals surface area (Å²) in [6, 6.07) is 6.07. The fourth-order valence-corrected chi connectivity index (χ4v) is 6.11. The van der Waals surface area contributed by atoms with Crippen LogP contribution >= 0.6 is 23.1 Å². The Morgan fingerprint density at radius 1 is 1.18 bits per heavy atom. The molecule has 0 amide bonds. The number of rotatable bonds is 10. The SMILES string of the molecule is COC(=O)C[C@@H](C)c1ccc(N(CC(C)C)C2CCN(c3nc(C)ns3)CC2)c(Nc2nc(C(F)(F)F)ns2)c1. The van der Waals surface area contributed by atoms with E-state index in [-0.39, 0.29) is 29.5 Å². The van der Waals surface area contributed by atoms with Crippen LogP contribution in [0.15, 0.2) is 18.2 Å². The first-order valence-electron chi connectivity index (χ1n) is 13.1. The van der Waals surface area contributed by atoms with E-state index in [4.69, 9.17) is 4.74 Å². The van der Waals surface area contributed by atoms with E-state index in [1.165, 1.54) is 18.6 Å². The predicted octanol–water partition coefficient (Wildman–Crippen LogP) is 6.26. The van der Waals surface area contributed by atoms with Crippen molar-refractivity contribution in [3.8, 4) is 0 Å². The normalized spacial score (nSPS) is 15.4. The van der Waals surface area contributed by atoms with Gasteiger partial charge in [-0.1, -0.05) is 26.8 Å². The lowest BCUT2D eigenvalue weighted by Crippen LogP contribution is -2.46. The molecule has 1 saturated heterocycles. The predicted molar refractivity (Wildman–Crippen MR) is 152 cm³/mol. The van der Waals surface area contributed by atoms with Gasteiger partial charge in [0.1, 0.15) is 5.82 Å². The van der Waals surface area contributed by atoms with Crippen molar-refractivity contribution in [1.29, 1.82) is 0 Å². The lowest BCUT2D eigenvalue weighted by atomic mass is 9.95. The molecule has 1 atom stereocenters. The van der Waals surface area contributed by atoms with Crippen molar-refractivity contribution < 1.29 is 22.7 Å². The first-order chi connectivity index (χ1) is 18.9. The Morgan fingerprint density at radius 2 is 1.90 bits per heavy atom. The molecule has 1 N–H and O–H groups in total. The molecule has 9 nitrogen and oxygen atoms in total. The van der Waals surface area contributed by atoms with Crippen molar-refractivity contribution in [1.82, 2.24) is 18.7 Å². The summed E-state index contributed by atoms with van der Waals surface area (Å²) >= 11 is 2.07. The number of carbonyl (C=O) groups excluding carboxylic acids is 1. The summed E-state index contributed by atoms with van der Waals surface area (Å²) in [4.78, 5) is 24.7. The highest BCUT2D eigenvalue weighted by atomic mass is 32.1. The molecule has 1 aliphatic heterocycles. The number of benzene rings is 1.